The average Bonchev–Trinajstić information content (AvgIpc) is 2.78. The van der Waals surface area contributed by atoms with E-state index in [1.807, 2.05) is 0 Å². The molecule has 0 spiro atoms. The highest BCUT2D eigenvalue weighted by Crippen LogP contribution is 2.16. The number of esters is 3. The number of amides is 2. The lowest BCUT2D eigenvalue weighted by Crippen LogP contribution is -2.53. The molecule has 0 saturated carbocycles. The first kappa shape index (κ1) is 38.6. The van der Waals surface area contributed by atoms with Crippen LogP contribution in [0.15, 0.2) is 0 Å². The van der Waals surface area contributed by atoms with Crippen LogP contribution in [0, 0.1) is 0 Å². The van der Waals surface area contributed by atoms with Crippen LogP contribution in [0.4, 0.5) is 4.79 Å². The Labute approximate surface area is 248 Å². The number of nitrogens with one attached hydrogen (secondary N) is 2. The Morgan fingerprint density at radius 3 is 1.32 bits per heavy atom. The van der Waals surface area contributed by atoms with Crippen molar-refractivity contribution in [1.82, 2.24) is 10.6 Å². The van der Waals surface area contributed by atoms with Crippen LogP contribution in [0.1, 0.15) is 139 Å². The highest BCUT2D eigenvalue weighted by molar-refractivity contribution is 5.87. The average molecular weight is 587 g/mol. The van der Waals surface area contributed by atoms with Crippen molar-refractivity contribution < 1.29 is 38.5 Å². The summed E-state index contributed by atoms with van der Waals surface area (Å²) in [6.07, 6.45) is 9.36. The summed E-state index contributed by atoms with van der Waals surface area (Å²) in [6, 6.07) is -2.72. The molecule has 41 heavy (non-hydrogen) atoms. The van der Waals surface area contributed by atoms with E-state index in [1.165, 1.54) is 0 Å². The van der Waals surface area contributed by atoms with Crippen molar-refractivity contribution in [2.24, 2.45) is 0 Å². The fourth-order valence-electron chi connectivity index (χ4n) is 3.95. The Kier molecular flexibility index (Phi) is 17.9. The Bertz CT molecular complexity index is 793. The first-order valence-electron chi connectivity index (χ1n) is 15.2. The summed E-state index contributed by atoms with van der Waals surface area (Å²) in [7, 11) is 0. The molecule has 0 saturated heterocycles. The maximum absolute atomic E-state index is 13.0. The maximum Gasteiger partial charge on any atom is 0.329 e. The van der Waals surface area contributed by atoms with Gasteiger partial charge in [0.25, 0.3) is 0 Å². The molecule has 2 amide bonds. The molecule has 10 heteroatoms. The third kappa shape index (κ3) is 23.0. The summed E-state index contributed by atoms with van der Waals surface area (Å²) in [4.78, 5) is 51.0. The lowest BCUT2D eigenvalue weighted by atomic mass is 10.0. The van der Waals surface area contributed by atoms with E-state index < -0.39 is 52.8 Å². The van der Waals surface area contributed by atoms with Gasteiger partial charge >= 0.3 is 23.9 Å². The molecule has 3 N–H and O–H groups in total. The number of carbonyl (C=O) groups is 4. The van der Waals surface area contributed by atoms with Gasteiger partial charge < -0.3 is 30.0 Å². The molecule has 240 valence electrons. The van der Waals surface area contributed by atoms with E-state index in [1.54, 1.807) is 62.3 Å². The quantitative estimate of drug-likeness (QED) is 0.105. The zero-order valence-corrected chi connectivity index (χ0v) is 27.2. The molecule has 0 aliphatic heterocycles. The molecule has 0 aromatic heterocycles. The molecule has 0 aliphatic carbocycles. The van der Waals surface area contributed by atoms with Crippen LogP contribution in [0.5, 0.6) is 0 Å². The van der Waals surface area contributed by atoms with Crippen molar-refractivity contribution in [3.8, 4) is 0 Å². The van der Waals surface area contributed by atoms with E-state index in [0.717, 1.165) is 57.8 Å². The van der Waals surface area contributed by atoms with Crippen LogP contribution >= 0.6 is 0 Å². The molecule has 2 atom stereocenters. The predicted octanol–water partition coefficient (Wildman–Crippen LogP) is 5.72. The molecule has 0 unspecified atom stereocenters. The number of unbranched alkanes of at least 4 members (excludes halogenated alkanes) is 8. The van der Waals surface area contributed by atoms with Gasteiger partial charge in [-0.3, -0.25) is 4.79 Å². The summed E-state index contributed by atoms with van der Waals surface area (Å²) >= 11 is 0. The first-order valence-corrected chi connectivity index (χ1v) is 15.2. The van der Waals surface area contributed by atoms with E-state index >= 15 is 0 Å². The molecule has 0 aromatic carbocycles. The summed E-state index contributed by atoms with van der Waals surface area (Å²) in [5.74, 6) is -1.72. The van der Waals surface area contributed by atoms with Crippen molar-refractivity contribution in [2.45, 2.75) is 168 Å². The number of carbonyl (C=O) groups excluding carboxylic acids is 4. The van der Waals surface area contributed by atoms with Gasteiger partial charge in [0.1, 0.15) is 28.9 Å². The summed E-state index contributed by atoms with van der Waals surface area (Å²) in [5, 5.41) is 14.1. The van der Waals surface area contributed by atoms with Crippen molar-refractivity contribution in [3.63, 3.8) is 0 Å². The second kappa shape index (κ2) is 18.9. The highest BCUT2D eigenvalue weighted by atomic mass is 16.6. The van der Waals surface area contributed by atoms with Gasteiger partial charge in [-0.25, -0.2) is 14.4 Å². The van der Waals surface area contributed by atoms with E-state index in [4.69, 9.17) is 19.3 Å². The zero-order valence-electron chi connectivity index (χ0n) is 27.2. The normalized spacial score (nSPS) is 13.6. The predicted molar refractivity (Wildman–Crippen MR) is 159 cm³/mol. The van der Waals surface area contributed by atoms with Gasteiger partial charge in [0.15, 0.2) is 0 Å². The number of hydrogen-bond donors (Lipinski definition) is 3. The monoisotopic (exact) mass is 586 g/mol. The summed E-state index contributed by atoms with van der Waals surface area (Å²) in [5.41, 5.74) is -2.20. The van der Waals surface area contributed by atoms with E-state index in [0.29, 0.717) is 6.42 Å². The molecule has 10 nitrogen and oxygen atoms in total. The SMILES string of the molecule is CC(C)(C)OC(=O)CC[C@H](NC(=O)N[C@@H](CCCCCCCCCCCO)C(=O)OC(C)(C)C)C(=O)OC(C)(C)C. The Morgan fingerprint density at radius 2 is 0.927 bits per heavy atom. The Balaban J connectivity index is 5.17. The number of aliphatic hydroxyl groups is 1. The molecular weight excluding hydrogens is 528 g/mol. The third-order valence-electron chi connectivity index (χ3n) is 5.70. The number of ether oxygens (including phenoxy) is 3. The number of urea groups is 1. The second-order valence-corrected chi connectivity index (χ2v) is 13.6. The van der Waals surface area contributed by atoms with Crippen LogP contribution in [0.25, 0.3) is 0 Å². The molecule has 0 bridgehead atoms. The Morgan fingerprint density at radius 1 is 0.561 bits per heavy atom. The first-order chi connectivity index (χ1) is 18.8. The molecule has 0 aromatic rings. The van der Waals surface area contributed by atoms with Gasteiger partial charge in [-0.15, -0.1) is 0 Å². The second-order valence-electron chi connectivity index (χ2n) is 13.6. The third-order valence-corrected chi connectivity index (χ3v) is 5.70. The van der Waals surface area contributed by atoms with Crippen LogP contribution in [0.2, 0.25) is 0 Å². The molecule has 0 radical (unpaired) electrons. The molecule has 0 aliphatic rings. The standard InChI is InChI=1S/C31H58N2O8/c1-29(2,3)39-25(35)21-20-24(27(37)41-31(7,8)9)33-28(38)32-23(26(36)40-30(4,5)6)19-17-15-13-11-10-12-14-16-18-22-34/h23-24,34H,10-22H2,1-9H3,(H2,32,33,38)/t23-,24-/m0/s1. The number of hydrogen-bond acceptors (Lipinski definition) is 8. The minimum atomic E-state index is -1.11. The van der Waals surface area contributed by atoms with Crippen LogP contribution < -0.4 is 10.6 Å². The summed E-state index contributed by atoms with van der Waals surface area (Å²) in [6.45, 7) is 15.9. The number of rotatable bonds is 18. The summed E-state index contributed by atoms with van der Waals surface area (Å²) < 4.78 is 16.3. The fraction of sp³-hybridized carbons (Fsp3) is 0.871. The van der Waals surface area contributed by atoms with Crippen molar-refractivity contribution in [1.29, 1.82) is 0 Å². The molecule has 0 heterocycles. The number of aliphatic hydroxyl groups excluding tert-OH is 1. The topological polar surface area (TPSA) is 140 Å². The fourth-order valence-corrected chi connectivity index (χ4v) is 3.95. The highest BCUT2D eigenvalue weighted by Gasteiger charge is 2.31. The van der Waals surface area contributed by atoms with Crippen LogP contribution in [-0.2, 0) is 28.6 Å². The Hall–Kier alpha value is -2.36. The lowest BCUT2D eigenvalue weighted by molar-refractivity contribution is -0.159. The van der Waals surface area contributed by atoms with Crippen LogP contribution in [-0.4, -0.2) is 64.5 Å². The molecular formula is C31H58N2O8. The minimum Gasteiger partial charge on any atom is -0.460 e. The van der Waals surface area contributed by atoms with E-state index in [2.05, 4.69) is 10.6 Å². The van der Waals surface area contributed by atoms with Gasteiger partial charge in [0.2, 0.25) is 0 Å². The minimum absolute atomic E-state index is 0.0195. The molecule has 0 rings (SSSR count). The van der Waals surface area contributed by atoms with Crippen molar-refractivity contribution in [3.05, 3.63) is 0 Å². The zero-order chi connectivity index (χ0) is 31.7. The van der Waals surface area contributed by atoms with Gasteiger partial charge in [-0.05, 0) is 81.6 Å². The largest absolute Gasteiger partial charge is 0.460 e. The molecule has 0 fully saturated rings. The van der Waals surface area contributed by atoms with Gasteiger partial charge in [0, 0.05) is 13.0 Å². The van der Waals surface area contributed by atoms with E-state index in [9.17, 15) is 19.2 Å². The van der Waals surface area contributed by atoms with E-state index in [-0.39, 0.29) is 19.4 Å². The van der Waals surface area contributed by atoms with Crippen molar-refractivity contribution >= 4 is 23.9 Å². The van der Waals surface area contributed by atoms with Crippen LogP contribution in [0.3, 0.4) is 0 Å². The lowest BCUT2D eigenvalue weighted by Gasteiger charge is -2.27. The van der Waals surface area contributed by atoms with Gasteiger partial charge in [0.05, 0.1) is 0 Å². The van der Waals surface area contributed by atoms with Gasteiger partial charge in [-0.1, -0.05) is 51.4 Å². The van der Waals surface area contributed by atoms with Crippen molar-refractivity contribution in [2.75, 3.05) is 6.61 Å². The maximum atomic E-state index is 13.0. The smallest absolute Gasteiger partial charge is 0.329 e. The van der Waals surface area contributed by atoms with Gasteiger partial charge in [-0.2, -0.15) is 0 Å².